The van der Waals surface area contributed by atoms with Gasteiger partial charge in [-0.25, -0.2) is 0 Å². The van der Waals surface area contributed by atoms with E-state index in [-0.39, 0.29) is 12.0 Å². The first kappa shape index (κ1) is 22.0. The summed E-state index contributed by atoms with van der Waals surface area (Å²) >= 11 is 0. The van der Waals surface area contributed by atoms with Crippen LogP contribution in [0.2, 0.25) is 0 Å². The van der Waals surface area contributed by atoms with Gasteiger partial charge in [0.1, 0.15) is 0 Å². The molecule has 2 N–H and O–H groups in total. The summed E-state index contributed by atoms with van der Waals surface area (Å²) in [5.41, 5.74) is 2.09. The molecular formula is C25H33N3O3. The van der Waals surface area contributed by atoms with Crippen LogP contribution in [0.1, 0.15) is 24.8 Å². The van der Waals surface area contributed by atoms with E-state index in [9.17, 15) is 9.90 Å². The van der Waals surface area contributed by atoms with E-state index in [4.69, 9.17) is 4.74 Å². The molecule has 4 rings (SSSR count). The number of rotatable bonds is 7. The van der Waals surface area contributed by atoms with E-state index in [1.54, 1.807) is 0 Å². The van der Waals surface area contributed by atoms with Crippen LogP contribution < -0.4 is 5.32 Å². The van der Waals surface area contributed by atoms with Gasteiger partial charge in [-0.05, 0) is 37.0 Å². The van der Waals surface area contributed by atoms with Gasteiger partial charge < -0.3 is 20.1 Å². The predicted octanol–water partition coefficient (Wildman–Crippen LogP) is 2.74. The van der Waals surface area contributed by atoms with Crippen molar-refractivity contribution in [3.8, 4) is 0 Å². The molecule has 31 heavy (non-hydrogen) atoms. The Morgan fingerprint density at radius 1 is 0.935 bits per heavy atom. The number of nitrogens with zero attached hydrogens (tertiary/aromatic N) is 2. The third-order valence-corrected chi connectivity index (χ3v) is 6.25. The summed E-state index contributed by atoms with van der Waals surface area (Å²) in [6.07, 6.45) is 0.744. The fourth-order valence-electron chi connectivity index (χ4n) is 4.40. The Kier molecular flexibility index (Phi) is 7.70. The Balaban J connectivity index is 1.20. The van der Waals surface area contributed by atoms with Crippen molar-refractivity contribution >= 4 is 11.6 Å². The summed E-state index contributed by atoms with van der Waals surface area (Å²) in [4.78, 5) is 17.6. The average Bonchev–Trinajstić information content (AvgIpc) is 2.81. The van der Waals surface area contributed by atoms with Crippen LogP contribution in [0.3, 0.4) is 0 Å². The second kappa shape index (κ2) is 10.9. The number of hydrogen-bond acceptors (Lipinski definition) is 5. The molecule has 2 aromatic carbocycles. The minimum absolute atomic E-state index is 0.0114. The number of aliphatic hydroxyl groups excluding tert-OH is 1. The van der Waals surface area contributed by atoms with E-state index < -0.39 is 12.2 Å². The van der Waals surface area contributed by atoms with Gasteiger partial charge in [0.05, 0.1) is 12.2 Å². The third-order valence-electron chi connectivity index (χ3n) is 6.25. The Hall–Kier alpha value is -2.25. The monoisotopic (exact) mass is 423 g/mol. The van der Waals surface area contributed by atoms with Crippen molar-refractivity contribution in [1.29, 1.82) is 0 Å². The Morgan fingerprint density at radius 3 is 2.29 bits per heavy atom. The van der Waals surface area contributed by atoms with Crippen molar-refractivity contribution in [3.05, 3.63) is 66.2 Å². The Morgan fingerprint density at radius 2 is 1.58 bits per heavy atom. The number of aliphatic hydroxyl groups is 1. The molecule has 2 heterocycles. The molecule has 0 aromatic heterocycles. The molecule has 6 heteroatoms. The number of amides is 1. The molecule has 166 valence electrons. The van der Waals surface area contributed by atoms with Gasteiger partial charge in [0.2, 0.25) is 0 Å². The molecule has 2 fully saturated rings. The molecule has 0 spiro atoms. The molecule has 1 amide bonds. The number of hydrogen-bond donors (Lipinski definition) is 2. The van der Waals surface area contributed by atoms with E-state index in [0.29, 0.717) is 6.42 Å². The summed E-state index contributed by atoms with van der Waals surface area (Å²) in [6, 6.07) is 19.9. The minimum Gasteiger partial charge on any atom is -0.390 e. The van der Waals surface area contributed by atoms with Crippen LogP contribution in [-0.4, -0.2) is 71.8 Å². The summed E-state index contributed by atoms with van der Waals surface area (Å²) < 4.78 is 6.02. The highest BCUT2D eigenvalue weighted by molar-refractivity contribution is 5.94. The van der Waals surface area contributed by atoms with Crippen molar-refractivity contribution in [2.75, 3.05) is 38.0 Å². The molecule has 2 aliphatic rings. The molecule has 2 aromatic rings. The third kappa shape index (κ3) is 6.37. The zero-order valence-corrected chi connectivity index (χ0v) is 18.0. The smallest absolute Gasteiger partial charge is 0.256 e. The van der Waals surface area contributed by atoms with E-state index in [1.165, 1.54) is 5.56 Å². The van der Waals surface area contributed by atoms with Gasteiger partial charge in [0, 0.05) is 45.0 Å². The number of piperazine rings is 1. The summed E-state index contributed by atoms with van der Waals surface area (Å²) in [6.45, 7) is 6.23. The van der Waals surface area contributed by atoms with Gasteiger partial charge >= 0.3 is 0 Å². The van der Waals surface area contributed by atoms with E-state index in [1.807, 2.05) is 30.3 Å². The Labute approximate surface area is 184 Å². The van der Waals surface area contributed by atoms with E-state index >= 15 is 0 Å². The van der Waals surface area contributed by atoms with Crippen LogP contribution in [0.5, 0.6) is 0 Å². The standard InChI is InChI=1S/C25H33N3O3/c29-23-12-11-22(31-24(23)25(30)26-21-9-5-2-6-10-21)13-14-27-15-17-28(18-16-27)19-20-7-3-1-4-8-20/h1-10,22-24,29H,11-19H2,(H,26,30). The van der Waals surface area contributed by atoms with Crippen molar-refractivity contribution < 1.29 is 14.6 Å². The highest BCUT2D eigenvalue weighted by Crippen LogP contribution is 2.24. The fourth-order valence-corrected chi connectivity index (χ4v) is 4.40. The van der Waals surface area contributed by atoms with Gasteiger partial charge in [0.25, 0.3) is 5.91 Å². The first-order valence-corrected chi connectivity index (χ1v) is 11.4. The minimum atomic E-state index is -0.804. The van der Waals surface area contributed by atoms with Crippen LogP contribution in [0.15, 0.2) is 60.7 Å². The second-order valence-corrected chi connectivity index (χ2v) is 8.57. The number of anilines is 1. The largest absolute Gasteiger partial charge is 0.390 e. The molecule has 0 aliphatic carbocycles. The molecule has 2 saturated heterocycles. The van der Waals surface area contributed by atoms with E-state index in [2.05, 4.69) is 45.4 Å². The number of ether oxygens (including phenoxy) is 1. The maximum atomic E-state index is 12.6. The molecule has 0 bridgehead atoms. The number of benzene rings is 2. The maximum absolute atomic E-state index is 12.6. The van der Waals surface area contributed by atoms with Crippen molar-refractivity contribution in [2.24, 2.45) is 0 Å². The zero-order chi connectivity index (χ0) is 21.5. The molecular weight excluding hydrogens is 390 g/mol. The molecule has 2 aliphatic heterocycles. The maximum Gasteiger partial charge on any atom is 0.256 e. The second-order valence-electron chi connectivity index (χ2n) is 8.57. The van der Waals surface area contributed by atoms with Crippen LogP contribution in [0, 0.1) is 0 Å². The lowest BCUT2D eigenvalue weighted by molar-refractivity contribution is -0.153. The van der Waals surface area contributed by atoms with Gasteiger partial charge in [-0.2, -0.15) is 0 Å². The fraction of sp³-hybridized carbons (Fsp3) is 0.480. The van der Waals surface area contributed by atoms with Gasteiger partial charge in [-0.3, -0.25) is 9.69 Å². The molecule has 3 atom stereocenters. The highest BCUT2D eigenvalue weighted by Gasteiger charge is 2.35. The lowest BCUT2D eigenvalue weighted by Gasteiger charge is -2.37. The lowest BCUT2D eigenvalue weighted by atomic mass is 9.98. The molecule has 6 nitrogen and oxygen atoms in total. The van der Waals surface area contributed by atoms with Gasteiger partial charge in [0.15, 0.2) is 6.10 Å². The number of carbonyl (C=O) groups is 1. The SMILES string of the molecule is O=C(Nc1ccccc1)C1OC(CCN2CCN(Cc3ccccc3)CC2)CCC1O. The van der Waals surface area contributed by atoms with Crippen LogP contribution in [-0.2, 0) is 16.1 Å². The average molecular weight is 424 g/mol. The van der Waals surface area contributed by atoms with Crippen LogP contribution in [0.25, 0.3) is 0 Å². The summed E-state index contributed by atoms with van der Waals surface area (Å²) in [7, 11) is 0. The quantitative estimate of drug-likeness (QED) is 0.717. The topological polar surface area (TPSA) is 65.0 Å². The summed E-state index contributed by atoms with van der Waals surface area (Å²) in [5, 5.41) is 13.2. The highest BCUT2D eigenvalue weighted by atomic mass is 16.5. The van der Waals surface area contributed by atoms with Gasteiger partial charge in [-0.15, -0.1) is 0 Å². The van der Waals surface area contributed by atoms with Crippen molar-refractivity contribution in [2.45, 2.75) is 44.1 Å². The van der Waals surface area contributed by atoms with Crippen LogP contribution >= 0.6 is 0 Å². The Bertz CT molecular complexity index is 809. The molecule has 0 saturated carbocycles. The lowest BCUT2D eigenvalue weighted by Crippen LogP contribution is -2.49. The van der Waals surface area contributed by atoms with Crippen molar-refractivity contribution in [3.63, 3.8) is 0 Å². The van der Waals surface area contributed by atoms with Crippen molar-refractivity contribution in [1.82, 2.24) is 9.80 Å². The zero-order valence-electron chi connectivity index (χ0n) is 18.0. The van der Waals surface area contributed by atoms with E-state index in [0.717, 1.165) is 57.8 Å². The normalized spacial score (nSPS) is 25.3. The first-order valence-electron chi connectivity index (χ1n) is 11.4. The van der Waals surface area contributed by atoms with Crippen LogP contribution in [0.4, 0.5) is 5.69 Å². The summed E-state index contributed by atoms with van der Waals surface area (Å²) in [5.74, 6) is -0.266. The number of nitrogens with one attached hydrogen (secondary N) is 1. The number of carbonyl (C=O) groups excluding carboxylic acids is 1. The first-order chi connectivity index (χ1) is 15.2. The molecule has 0 radical (unpaired) electrons. The predicted molar refractivity (Wildman–Crippen MR) is 122 cm³/mol. The number of para-hydroxylation sites is 1. The van der Waals surface area contributed by atoms with Gasteiger partial charge in [-0.1, -0.05) is 48.5 Å². The molecule has 3 unspecified atom stereocenters.